The Morgan fingerprint density at radius 2 is 2.14 bits per heavy atom. The van der Waals surface area contributed by atoms with Crippen LogP contribution in [0.15, 0.2) is 30.5 Å². The number of hydrogen-bond acceptors (Lipinski definition) is 4. The number of fused-ring (bicyclic) bond motifs is 4. The van der Waals surface area contributed by atoms with Crippen molar-refractivity contribution in [2.24, 2.45) is 17.8 Å². The summed E-state index contributed by atoms with van der Waals surface area (Å²) in [4.78, 5) is 7.03. The van der Waals surface area contributed by atoms with Crippen LogP contribution in [0.3, 0.4) is 0 Å². The summed E-state index contributed by atoms with van der Waals surface area (Å²) < 4.78 is 5.96. The predicted octanol–water partition coefficient (Wildman–Crippen LogP) is 4.81. The first-order valence-electron chi connectivity index (χ1n) is 11.0. The predicted molar refractivity (Wildman–Crippen MR) is 114 cm³/mol. The van der Waals surface area contributed by atoms with Crippen molar-refractivity contribution in [1.29, 1.82) is 0 Å². The largest absolute Gasteiger partial charge is 0.494 e. The highest BCUT2D eigenvalue weighted by molar-refractivity contribution is 5.84. The van der Waals surface area contributed by atoms with E-state index in [1.54, 1.807) is 0 Å². The van der Waals surface area contributed by atoms with E-state index in [-0.39, 0.29) is 6.04 Å². The summed E-state index contributed by atoms with van der Waals surface area (Å²) >= 11 is 0. The van der Waals surface area contributed by atoms with E-state index in [9.17, 15) is 5.11 Å². The molecule has 0 amide bonds. The molecule has 1 aromatic heterocycles. The lowest BCUT2D eigenvalue weighted by Crippen LogP contribution is -2.55. The molecule has 4 heteroatoms. The quantitative estimate of drug-likeness (QED) is 0.746. The summed E-state index contributed by atoms with van der Waals surface area (Å²) in [5.74, 6) is 3.05. The van der Waals surface area contributed by atoms with Crippen LogP contribution < -0.4 is 4.74 Å². The average Bonchev–Trinajstić information content (AvgIpc) is 2.72. The van der Waals surface area contributed by atoms with Gasteiger partial charge < -0.3 is 9.84 Å². The van der Waals surface area contributed by atoms with Gasteiger partial charge in [-0.25, -0.2) is 0 Å². The molecule has 0 aliphatic carbocycles. The lowest BCUT2D eigenvalue weighted by molar-refractivity contribution is -0.0562. The third-order valence-electron chi connectivity index (χ3n) is 6.85. The van der Waals surface area contributed by atoms with E-state index in [2.05, 4.69) is 36.7 Å². The third kappa shape index (κ3) is 3.90. The number of pyridine rings is 1. The molecule has 2 bridgehead atoms. The fourth-order valence-electron chi connectivity index (χ4n) is 5.08. The lowest BCUT2D eigenvalue weighted by Gasteiger charge is -2.51. The second-order valence-electron chi connectivity index (χ2n) is 9.07. The molecule has 0 saturated carbocycles. The highest BCUT2D eigenvalue weighted by atomic mass is 16.5. The summed E-state index contributed by atoms with van der Waals surface area (Å²) in [6.07, 6.45) is 6.03. The monoisotopic (exact) mass is 382 g/mol. The Balaban J connectivity index is 1.57. The first kappa shape index (κ1) is 19.7. The Morgan fingerprint density at radius 3 is 2.86 bits per heavy atom. The summed E-state index contributed by atoms with van der Waals surface area (Å²) in [6.45, 7) is 9.69. The molecule has 2 unspecified atom stereocenters. The van der Waals surface area contributed by atoms with Crippen LogP contribution in [0.2, 0.25) is 0 Å². The van der Waals surface area contributed by atoms with Crippen molar-refractivity contribution < 1.29 is 9.84 Å². The van der Waals surface area contributed by atoms with Crippen LogP contribution in [-0.4, -0.2) is 40.7 Å². The van der Waals surface area contributed by atoms with Gasteiger partial charge in [0, 0.05) is 24.2 Å². The van der Waals surface area contributed by atoms with E-state index in [1.807, 2.05) is 24.4 Å². The molecular formula is C24H34N2O2. The van der Waals surface area contributed by atoms with Crippen molar-refractivity contribution in [3.05, 3.63) is 36.0 Å². The first-order valence-corrected chi connectivity index (χ1v) is 11.0. The molecule has 2 aromatic rings. The Bertz CT molecular complexity index is 806. The van der Waals surface area contributed by atoms with Crippen LogP contribution in [0, 0.1) is 17.8 Å². The van der Waals surface area contributed by atoms with E-state index in [0.29, 0.717) is 5.92 Å². The zero-order chi connectivity index (χ0) is 19.7. The number of aliphatic hydroxyl groups excluding tert-OH is 1. The minimum Gasteiger partial charge on any atom is -0.494 e. The number of ether oxygens (including phenoxy) is 1. The van der Waals surface area contributed by atoms with Gasteiger partial charge in [-0.2, -0.15) is 0 Å². The minimum atomic E-state index is -0.475. The zero-order valence-electron chi connectivity index (χ0n) is 17.5. The van der Waals surface area contributed by atoms with Gasteiger partial charge in [0.2, 0.25) is 0 Å². The maximum atomic E-state index is 11.4. The van der Waals surface area contributed by atoms with Gasteiger partial charge in [-0.15, -0.1) is 0 Å². The number of benzene rings is 1. The zero-order valence-corrected chi connectivity index (χ0v) is 17.5. The molecule has 0 spiro atoms. The van der Waals surface area contributed by atoms with Crippen LogP contribution in [0.25, 0.3) is 10.9 Å². The van der Waals surface area contributed by atoms with Crippen LogP contribution in [-0.2, 0) is 0 Å². The van der Waals surface area contributed by atoms with Crippen molar-refractivity contribution >= 4 is 10.9 Å². The second-order valence-corrected chi connectivity index (χ2v) is 9.07. The fourth-order valence-corrected chi connectivity index (χ4v) is 5.08. The first-order chi connectivity index (χ1) is 13.6. The number of rotatable bonds is 7. The Kier molecular flexibility index (Phi) is 5.88. The minimum absolute atomic E-state index is 0.220. The van der Waals surface area contributed by atoms with Crippen LogP contribution in [0.1, 0.15) is 58.1 Å². The summed E-state index contributed by atoms with van der Waals surface area (Å²) in [7, 11) is 0. The summed E-state index contributed by atoms with van der Waals surface area (Å²) in [5, 5.41) is 12.4. The van der Waals surface area contributed by atoms with E-state index in [1.165, 1.54) is 12.8 Å². The molecule has 4 nitrogen and oxygen atoms in total. The van der Waals surface area contributed by atoms with Crippen LogP contribution >= 0.6 is 0 Å². The van der Waals surface area contributed by atoms with E-state index >= 15 is 0 Å². The Hall–Kier alpha value is -1.65. The number of aliphatic hydroxyl groups is 1. The molecule has 1 N–H and O–H groups in total. The molecule has 4 heterocycles. The maximum absolute atomic E-state index is 11.4. The van der Waals surface area contributed by atoms with Gasteiger partial charge in [0.05, 0.1) is 18.2 Å². The van der Waals surface area contributed by atoms with Crippen LogP contribution in [0.5, 0.6) is 5.75 Å². The number of hydrogen-bond donors (Lipinski definition) is 1. The van der Waals surface area contributed by atoms with Gasteiger partial charge in [0.1, 0.15) is 5.75 Å². The van der Waals surface area contributed by atoms with Gasteiger partial charge in [0.25, 0.3) is 0 Å². The van der Waals surface area contributed by atoms with Gasteiger partial charge in [-0.1, -0.05) is 27.2 Å². The molecule has 3 saturated heterocycles. The van der Waals surface area contributed by atoms with Crippen molar-refractivity contribution in [2.75, 3.05) is 19.7 Å². The van der Waals surface area contributed by atoms with Gasteiger partial charge >= 0.3 is 0 Å². The second kappa shape index (κ2) is 8.38. The normalized spacial score (nSPS) is 28.0. The number of piperidine rings is 3. The molecule has 5 rings (SSSR count). The van der Waals surface area contributed by atoms with Crippen molar-refractivity contribution in [3.8, 4) is 5.75 Å². The summed E-state index contributed by atoms with van der Waals surface area (Å²) in [6, 6.07) is 8.27. The number of nitrogens with zero attached hydrogens (tertiary/aromatic N) is 2. The number of aromatic nitrogens is 1. The highest BCUT2D eigenvalue weighted by Gasteiger charge is 2.42. The van der Waals surface area contributed by atoms with Crippen molar-refractivity contribution in [3.63, 3.8) is 0 Å². The summed E-state index contributed by atoms with van der Waals surface area (Å²) in [5.41, 5.74) is 1.92. The van der Waals surface area contributed by atoms with E-state index in [0.717, 1.165) is 66.6 Å². The Labute approximate surface area is 168 Å². The molecule has 3 aliphatic rings. The molecular weight excluding hydrogens is 348 g/mol. The van der Waals surface area contributed by atoms with Gasteiger partial charge in [-0.3, -0.25) is 9.88 Å². The molecule has 3 aliphatic heterocycles. The molecule has 0 radical (unpaired) electrons. The van der Waals surface area contributed by atoms with Crippen LogP contribution in [0.4, 0.5) is 0 Å². The smallest absolute Gasteiger partial charge is 0.120 e. The molecule has 5 atom stereocenters. The fraction of sp³-hybridized carbons (Fsp3) is 0.625. The molecule has 1 aromatic carbocycles. The highest BCUT2D eigenvalue weighted by Crippen LogP contribution is 2.42. The topological polar surface area (TPSA) is 45.6 Å². The SMILES string of the molecule is CC[C@H]1CN2CCC1C[C@H]2[C@H](O)c1ccnc2ccc(OCCC(C)C)cc12. The Morgan fingerprint density at radius 1 is 1.29 bits per heavy atom. The maximum Gasteiger partial charge on any atom is 0.120 e. The van der Waals surface area contributed by atoms with Gasteiger partial charge in [0.15, 0.2) is 0 Å². The van der Waals surface area contributed by atoms with E-state index < -0.39 is 6.10 Å². The van der Waals surface area contributed by atoms with Crippen molar-refractivity contribution in [2.45, 2.75) is 58.6 Å². The molecule has 152 valence electrons. The van der Waals surface area contributed by atoms with Gasteiger partial charge in [-0.05, 0) is 73.4 Å². The standard InChI is InChI=1S/C24H34N2O2/c1-4-17-15-26-11-8-18(17)13-23(26)24(27)20-7-10-25-22-6-5-19(14-21(20)22)28-12-9-16(2)3/h5-7,10,14,16-18,23-24,27H,4,8-9,11-13,15H2,1-3H3/t17-,18?,23-,24+/m0/s1. The average molecular weight is 383 g/mol. The molecule has 3 fully saturated rings. The third-order valence-corrected chi connectivity index (χ3v) is 6.85. The van der Waals surface area contributed by atoms with E-state index in [4.69, 9.17) is 4.74 Å². The van der Waals surface area contributed by atoms with Crippen molar-refractivity contribution in [1.82, 2.24) is 9.88 Å². The lowest BCUT2D eigenvalue weighted by atomic mass is 9.72. The molecule has 28 heavy (non-hydrogen) atoms.